The first-order chi connectivity index (χ1) is 22.6. The van der Waals surface area contributed by atoms with E-state index >= 15 is 0 Å². The third-order valence-electron chi connectivity index (χ3n) is 8.75. The predicted octanol–water partition coefficient (Wildman–Crippen LogP) is 12.3. The Bertz CT molecular complexity index is 701. The zero-order chi connectivity index (χ0) is 33.6. The molecule has 46 heavy (non-hydrogen) atoms. The van der Waals surface area contributed by atoms with E-state index in [-0.39, 0.29) is 25.2 Å². The molecule has 0 heterocycles. The van der Waals surface area contributed by atoms with Crippen molar-refractivity contribution in [2.75, 3.05) is 13.2 Å². The molecule has 0 radical (unpaired) electrons. The molecular formula is C41H76O5. The van der Waals surface area contributed by atoms with Gasteiger partial charge in [0, 0.05) is 12.8 Å². The maximum Gasteiger partial charge on any atom is 0.306 e. The molecule has 5 nitrogen and oxygen atoms in total. The maximum atomic E-state index is 12.1. The van der Waals surface area contributed by atoms with Crippen LogP contribution in [0.3, 0.4) is 0 Å². The molecule has 0 aromatic rings. The van der Waals surface area contributed by atoms with Crippen LogP contribution in [0.4, 0.5) is 0 Å². The molecule has 0 bridgehead atoms. The molecule has 1 atom stereocenters. The number of hydrogen-bond donors (Lipinski definition) is 1. The van der Waals surface area contributed by atoms with Crippen molar-refractivity contribution < 1.29 is 24.2 Å². The number of carbonyl (C=O) groups excluding carboxylic acids is 2. The highest BCUT2D eigenvalue weighted by atomic mass is 16.6. The number of unbranched alkanes of at least 4 members (excludes halogenated alkanes) is 24. The maximum absolute atomic E-state index is 12.1. The summed E-state index contributed by atoms with van der Waals surface area (Å²) < 4.78 is 10.6. The monoisotopic (exact) mass is 649 g/mol. The van der Waals surface area contributed by atoms with Gasteiger partial charge in [-0.3, -0.25) is 9.59 Å². The average molecular weight is 649 g/mol. The van der Waals surface area contributed by atoms with Crippen LogP contribution in [-0.4, -0.2) is 36.4 Å². The van der Waals surface area contributed by atoms with Crippen LogP contribution in [0, 0.1) is 0 Å². The van der Waals surface area contributed by atoms with Crippen LogP contribution in [-0.2, 0) is 19.1 Å². The van der Waals surface area contributed by atoms with Gasteiger partial charge >= 0.3 is 11.9 Å². The molecule has 0 aliphatic rings. The zero-order valence-corrected chi connectivity index (χ0v) is 30.6. The van der Waals surface area contributed by atoms with Gasteiger partial charge in [-0.15, -0.1) is 0 Å². The molecule has 1 N–H and O–H groups in total. The molecule has 0 aromatic heterocycles. The second-order valence-electron chi connectivity index (χ2n) is 13.4. The highest BCUT2D eigenvalue weighted by Crippen LogP contribution is 2.15. The first kappa shape index (κ1) is 44.4. The molecule has 0 spiro atoms. The lowest BCUT2D eigenvalue weighted by molar-refractivity contribution is -0.161. The summed E-state index contributed by atoms with van der Waals surface area (Å²) in [7, 11) is 0. The zero-order valence-electron chi connectivity index (χ0n) is 30.6. The molecule has 0 fully saturated rings. The van der Waals surface area contributed by atoms with E-state index in [1.165, 1.54) is 128 Å². The van der Waals surface area contributed by atoms with Crippen LogP contribution < -0.4 is 0 Å². The standard InChI is InChI=1S/C41H76O5/c1-3-5-7-9-11-13-15-17-19-20-21-22-24-25-27-29-31-33-35-40(43)45-38-39(37-42)46-41(44)36-34-32-30-28-26-23-18-16-14-12-10-8-6-4-2/h10,12,16,18,39,42H,3-9,11,13-15,17,19-38H2,1-2H3/b12-10+,18-16+/t39-/m0/s1. The Kier molecular flexibility index (Phi) is 36.5. The Hall–Kier alpha value is -1.62. The fourth-order valence-electron chi connectivity index (χ4n) is 5.69. The number of carbonyl (C=O) groups is 2. The highest BCUT2D eigenvalue weighted by Gasteiger charge is 2.16. The number of rotatable bonds is 36. The third-order valence-corrected chi connectivity index (χ3v) is 8.75. The predicted molar refractivity (Wildman–Crippen MR) is 196 cm³/mol. The van der Waals surface area contributed by atoms with Crippen LogP contribution in [0.5, 0.6) is 0 Å². The molecule has 270 valence electrons. The summed E-state index contributed by atoms with van der Waals surface area (Å²) in [5, 5.41) is 9.54. The Morgan fingerprint density at radius 3 is 1.35 bits per heavy atom. The largest absolute Gasteiger partial charge is 0.462 e. The Labute approximate surface area is 285 Å². The van der Waals surface area contributed by atoms with E-state index in [0.29, 0.717) is 12.8 Å². The van der Waals surface area contributed by atoms with E-state index in [4.69, 9.17) is 9.47 Å². The molecule has 0 aliphatic heterocycles. The third kappa shape index (κ3) is 35.2. The van der Waals surface area contributed by atoms with Gasteiger partial charge < -0.3 is 14.6 Å². The van der Waals surface area contributed by atoms with Gasteiger partial charge in [-0.2, -0.15) is 0 Å². The summed E-state index contributed by atoms with van der Waals surface area (Å²) in [6.07, 6.45) is 43.8. The van der Waals surface area contributed by atoms with E-state index < -0.39 is 6.10 Å². The van der Waals surface area contributed by atoms with Crippen molar-refractivity contribution >= 4 is 11.9 Å². The van der Waals surface area contributed by atoms with E-state index in [2.05, 4.69) is 38.2 Å². The normalized spacial score (nSPS) is 12.3. The molecular weight excluding hydrogens is 572 g/mol. The Morgan fingerprint density at radius 1 is 0.500 bits per heavy atom. The minimum absolute atomic E-state index is 0.0673. The van der Waals surface area contributed by atoms with Crippen molar-refractivity contribution in [2.45, 2.75) is 213 Å². The summed E-state index contributed by atoms with van der Waals surface area (Å²) in [4.78, 5) is 24.2. The average Bonchev–Trinajstić information content (AvgIpc) is 3.06. The van der Waals surface area contributed by atoms with Gasteiger partial charge in [0.1, 0.15) is 6.61 Å². The van der Waals surface area contributed by atoms with Crippen LogP contribution in [0.2, 0.25) is 0 Å². The first-order valence-electron chi connectivity index (χ1n) is 19.9. The fourth-order valence-corrected chi connectivity index (χ4v) is 5.69. The molecule has 0 rings (SSSR count). The Balaban J connectivity index is 3.53. The van der Waals surface area contributed by atoms with Crippen LogP contribution in [0.1, 0.15) is 206 Å². The van der Waals surface area contributed by atoms with Crippen molar-refractivity contribution in [1.82, 2.24) is 0 Å². The Morgan fingerprint density at radius 2 is 0.891 bits per heavy atom. The SMILES string of the molecule is CCCC/C=C/C/C=C/CCCCCCCC(=O)O[C@@H](CO)COC(=O)CCCCCCCCCCCCCCCCCCCC. The smallest absolute Gasteiger partial charge is 0.306 e. The summed E-state index contributed by atoms with van der Waals surface area (Å²) in [6, 6.07) is 0. The lowest BCUT2D eigenvalue weighted by Crippen LogP contribution is -2.28. The van der Waals surface area contributed by atoms with Crippen LogP contribution in [0.15, 0.2) is 24.3 Å². The summed E-state index contributed by atoms with van der Waals surface area (Å²) in [5.74, 6) is -0.599. The lowest BCUT2D eigenvalue weighted by Gasteiger charge is -2.15. The van der Waals surface area contributed by atoms with Crippen molar-refractivity contribution in [1.29, 1.82) is 0 Å². The minimum Gasteiger partial charge on any atom is -0.462 e. The fraction of sp³-hybridized carbons (Fsp3) is 0.854. The van der Waals surface area contributed by atoms with Gasteiger partial charge in [0.05, 0.1) is 6.61 Å². The molecule has 5 heteroatoms. The van der Waals surface area contributed by atoms with E-state index in [9.17, 15) is 14.7 Å². The highest BCUT2D eigenvalue weighted by molar-refractivity contribution is 5.70. The van der Waals surface area contributed by atoms with Gasteiger partial charge in [0.2, 0.25) is 0 Å². The van der Waals surface area contributed by atoms with Gasteiger partial charge in [0.25, 0.3) is 0 Å². The van der Waals surface area contributed by atoms with Crippen molar-refractivity contribution in [3.63, 3.8) is 0 Å². The van der Waals surface area contributed by atoms with Crippen LogP contribution >= 0.6 is 0 Å². The molecule has 0 aromatic carbocycles. The van der Waals surface area contributed by atoms with Gasteiger partial charge in [-0.05, 0) is 38.5 Å². The quantitative estimate of drug-likeness (QED) is 0.0416. The number of esters is 2. The minimum atomic E-state index is -0.773. The summed E-state index contributed by atoms with van der Waals surface area (Å²) >= 11 is 0. The van der Waals surface area contributed by atoms with Crippen LogP contribution in [0.25, 0.3) is 0 Å². The topological polar surface area (TPSA) is 72.8 Å². The van der Waals surface area contributed by atoms with E-state index in [0.717, 1.165) is 51.4 Å². The van der Waals surface area contributed by atoms with Gasteiger partial charge in [0.15, 0.2) is 6.10 Å². The van der Waals surface area contributed by atoms with Crippen molar-refractivity contribution in [2.24, 2.45) is 0 Å². The van der Waals surface area contributed by atoms with E-state index in [1.54, 1.807) is 0 Å². The molecule has 0 saturated carbocycles. The van der Waals surface area contributed by atoms with Gasteiger partial charge in [-0.1, -0.05) is 179 Å². The molecule has 0 saturated heterocycles. The second kappa shape index (κ2) is 37.8. The van der Waals surface area contributed by atoms with Crippen molar-refractivity contribution in [3.05, 3.63) is 24.3 Å². The summed E-state index contributed by atoms with van der Waals surface area (Å²) in [6.45, 7) is 4.10. The lowest BCUT2D eigenvalue weighted by atomic mass is 10.0. The molecule has 0 aliphatic carbocycles. The summed E-state index contributed by atoms with van der Waals surface area (Å²) in [5.41, 5.74) is 0. The molecule has 0 amide bonds. The number of aliphatic hydroxyl groups excluding tert-OH is 1. The van der Waals surface area contributed by atoms with E-state index in [1.807, 2.05) is 0 Å². The second-order valence-corrected chi connectivity index (χ2v) is 13.4. The van der Waals surface area contributed by atoms with Crippen molar-refractivity contribution in [3.8, 4) is 0 Å². The number of allylic oxidation sites excluding steroid dienone is 4. The first-order valence-corrected chi connectivity index (χ1v) is 19.9. The number of ether oxygens (including phenoxy) is 2. The number of aliphatic hydroxyl groups is 1. The molecule has 0 unspecified atom stereocenters. The number of hydrogen-bond acceptors (Lipinski definition) is 5. The van der Waals surface area contributed by atoms with Gasteiger partial charge in [-0.25, -0.2) is 0 Å².